The summed E-state index contributed by atoms with van der Waals surface area (Å²) in [6.07, 6.45) is 0. The highest BCUT2D eigenvalue weighted by atomic mass is 79.9. The Hall–Kier alpha value is -1.44. The van der Waals surface area contributed by atoms with E-state index < -0.39 is 0 Å². The van der Waals surface area contributed by atoms with Crippen LogP contribution in [0.15, 0.2) is 52.3 Å². The molecule has 4 rings (SSSR count). The summed E-state index contributed by atoms with van der Waals surface area (Å²) in [7, 11) is 0. The van der Waals surface area contributed by atoms with Crippen LogP contribution in [-0.2, 0) is 6.54 Å². The number of hydrogen-bond donors (Lipinski definition) is 0. The second-order valence-electron chi connectivity index (χ2n) is 6.83. The number of halogens is 3. The third kappa shape index (κ3) is 5.01. The number of carbonyl (C=O) groups is 1. The van der Waals surface area contributed by atoms with E-state index in [1.165, 1.54) is 0 Å². The monoisotopic (exact) mass is 509 g/mol. The number of thiazole rings is 1. The van der Waals surface area contributed by atoms with Gasteiger partial charge in [-0.3, -0.25) is 9.69 Å². The predicted molar refractivity (Wildman–Crippen MR) is 123 cm³/mol. The number of hydrogen-bond acceptors (Lipinski definition) is 4. The van der Waals surface area contributed by atoms with E-state index in [-0.39, 0.29) is 5.91 Å². The van der Waals surface area contributed by atoms with E-state index in [2.05, 4.69) is 26.2 Å². The molecule has 1 aromatic heterocycles. The summed E-state index contributed by atoms with van der Waals surface area (Å²) < 4.78 is 0.851. The van der Waals surface area contributed by atoms with Crippen molar-refractivity contribution in [3.63, 3.8) is 0 Å². The van der Waals surface area contributed by atoms with Gasteiger partial charge in [-0.15, -0.1) is 11.3 Å². The molecule has 0 aliphatic carbocycles. The number of nitrogens with zero attached hydrogens (tertiary/aromatic N) is 3. The van der Waals surface area contributed by atoms with Crippen LogP contribution in [0.3, 0.4) is 0 Å². The Balaban J connectivity index is 1.35. The molecule has 150 valence electrons. The SMILES string of the molecule is O=C(c1cc(Br)ccc1Cl)N1CCN(Cc2nc(-c3ccc(Cl)cc3)cs2)CC1. The van der Waals surface area contributed by atoms with Gasteiger partial charge in [0.25, 0.3) is 5.91 Å². The fourth-order valence-corrected chi connectivity index (χ4v) is 4.80. The Morgan fingerprint density at radius 2 is 1.79 bits per heavy atom. The molecule has 29 heavy (non-hydrogen) atoms. The Morgan fingerprint density at radius 1 is 1.07 bits per heavy atom. The van der Waals surface area contributed by atoms with Crippen LogP contribution in [0.1, 0.15) is 15.4 Å². The molecule has 2 heterocycles. The molecule has 1 aliphatic rings. The van der Waals surface area contributed by atoms with Crippen LogP contribution in [0.25, 0.3) is 11.3 Å². The van der Waals surface area contributed by atoms with Gasteiger partial charge in [-0.25, -0.2) is 4.98 Å². The Labute approximate surface area is 192 Å². The molecular formula is C21H18BrCl2N3OS. The van der Waals surface area contributed by atoms with Crippen LogP contribution in [0, 0.1) is 0 Å². The van der Waals surface area contributed by atoms with Gasteiger partial charge in [0.1, 0.15) is 5.01 Å². The number of benzene rings is 2. The molecule has 0 spiro atoms. The van der Waals surface area contributed by atoms with Crippen molar-refractivity contribution in [1.82, 2.24) is 14.8 Å². The highest BCUT2D eigenvalue weighted by Crippen LogP contribution is 2.25. The zero-order valence-electron chi connectivity index (χ0n) is 15.4. The minimum atomic E-state index is -0.0183. The molecule has 1 amide bonds. The van der Waals surface area contributed by atoms with Gasteiger partial charge in [0.05, 0.1) is 22.8 Å². The van der Waals surface area contributed by atoms with Crippen LogP contribution >= 0.6 is 50.5 Å². The molecule has 3 aromatic rings. The van der Waals surface area contributed by atoms with Crippen LogP contribution < -0.4 is 0 Å². The molecule has 0 saturated carbocycles. The van der Waals surface area contributed by atoms with Gasteiger partial charge in [-0.2, -0.15) is 0 Å². The first-order chi connectivity index (χ1) is 14.0. The average Bonchev–Trinajstić information content (AvgIpc) is 3.19. The fraction of sp³-hybridized carbons (Fsp3) is 0.238. The average molecular weight is 511 g/mol. The van der Waals surface area contributed by atoms with Gasteiger partial charge >= 0.3 is 0 Å². The number of piperazine rings is 1. The minimum absolute atomic E-state index is 0.0183. The van der Waals surface area contributed by atoms with Crippen molar-refractivity contribution in [2.24, 2.45) is 0 Å². The van der Waals surface area contributed by atoms with E-state index in [0.29, 0.717) is 23.7 Å². The zero-order valence-corrected chi connectivity index (χ0v) is 19.4. The molecule has 0 N–H and O–H groups in total. The number of amides is 1. The Bertz CT molecular complexity index is 1020. The topological polar surface area (TPSA) is 36.4 Å². The normalized spacial score (nSPS) is 14.9. The largest absolute Gasteiger partial charge is 0.336 e. The summed E-state index contributed by atoms with van der Waals surface area (Å²) in [5, 5.41) is 4.36. The van der Waals surface area contributed by atoms with Gasteiger partial charge < -0.3 is 4.90 Å². The van der Waals surface area contributed by atoms with E-state index in [1.54, 1.807) is 23.5 Å². The predicted octanol–water partition coefficient (Wildman–Crippen LogP) is 5.84. The first kappa shape index (κ1) is 20.8. The lowest BCUT2D eigenvalue weighted by Gasteiger charge is -2.34. The van der Waals surface area contributed by atoms with Gasteiger partial charge in [0.2, 0.25) is 0 Å². The lowest BCUT2D eigenvalue weighted by atomic mass is 10.2. The van der Waals surface area contributed by atoms with Crippen molar-refractivity contribution in [3.8, 4) is 11.3 Å². The van der Waals surface area contributed by atoms with Gasteiger partial charge in [0.15, 0.2) is 0 Å². The lowest BCUT2D eigenvalue weighted by molar-refractivity contribution is 0.0628. The molecule has 2 aromatic carbocycles. The summed E-state index contributed by atoms with van der Waals surface area (Å²) in [4.78, 5) is 21.8. The molecule has 0 radical (unpaired) electrons. The van der Waals surface area contributed by atoms with Crippen LogP contribution in [-0.4, -0.2) is 46.9 Å². The van der Waals surface area contributed by atoms with Crippen molar-refractivity contribution >= 4 is 56.4 Å². The van der Waals surface area contributed by atoms with Crippen LogP contribution in [0.2, 0.25) is 10.0 Å². The summed E-state index contributed by atoms with van der Waals surface area (Å²) in [5.74, 6) is -0.0183. The van der Waals surface area contributed by atoms with Crippen molar-refractivity contribution in [2.75, 3.05) is 26.2 Å². The van der Waals surface area contributed by atoms with Crippen molar-refractivity contribution in [2.45, 2.75) is 6.54 Å². The highest BCUT2D eigenvalue weighted by molar-refractivity contribution is 9.10. The molecule has 0 bridgehead atoms. The second-order valence-corrected chi connectivity index (χ2v) is 9.53. The molecule has 1 aliphatic heterocycles. The maximum Gasteiger partial charge on any atom is 0.255 e. The molecular weight excluding hydrogens is 493 g/mol. The van der Waals surface area contributed by atoms with Gasteiger partial charge in [-0.05, 0) is 30.3 Å². The smallest absolute Gasteiger partial charge is 0.255 e. The number of carbonyl (C=O) groups excluding carboxylic acids is 1. The van der Waals surface area contributed by atoms with E-state index in [4.69, 9.17) is 28.2 Å². The van der Waals surface area contributed by atoms with Crippen LogP contribution in [0.4, 0.5) is 0 Å². The first-order valence-electron chi connectivity index (χ1n) is 9.16. The first-order valence-corrected chi connectivity index (χ1v) is 11.6. The summed E-state index contributed by atoms with van der Waals surface area (Å²) in [5.41, 5.74) is 2.58. The molecule has 0 unspecified atom stereocenters. The molecule has 1 saturated heterocycles. The minimum Gasteiger partial charge on any atom is -0.336 e. The van der Waals surface area contributed by atoms with Crippen molar-refractivity contribution in [3.05, 3.63) is 72.9 Å². The number of aromatic nitrogens is 1. The van der Waals surface area contributed by atoms with Crippen LogP contribution in [0.5, 0.6) is 0 Å². The standard InChI is InChI=1S/C21H18BrCl2N3OS/c22-15-3-6-18(24)17(11-15)21(28)27-9-7-26(8-10-27)12-20-25-19(13-29-20)14-1-4-16(23)5-2-14/h1-6,11,13H,7-10,12H2. The maximum absolute atomic E-state index is 12.8. The summed E-state index contributed by atoms with van der Waals surface area (Å²) in [6.45, 7) is 3.77. The Kier molecular flexibility index (Phi) is 6.56. The number of rotatable bonds is 4. The van der Waals surface area contributed by atoms with E-state index in [9.17, 15) is 4.79 Å². The van der Waals surface area contributed by atoms with E-state index >= 15 is 0 Å². The summed E-state index contributed by atoms with van der Waals surface area (Å²) >= 11 is 17.2. The molecule has 8 heteroatoms. The van der Waals surface area contributed by atoms with E-state index in [0.717, 1.165) is 45.4 Å². The lowest BCUT2D eigenvalue weighted by Crippen LogP contribution is -2.48. The third-order valence-corrected chi connectivity index (χ3v) is 6.78. The second kappa shape index (κ2) is 9.14. The quantitative estimate of drug-likeness (QED) is 0.442. The van der Waals surface area contributed by atoms with Gasteiger partial charge in [0, 0.05) is 46.6 Å². The highest BCUT2D eigenvalue weighted by Gasteiger charge is 2.24. The fourth-order valence-electron chi connectivity index (χ4n) is 3.27. The zero-order chi connectivity index (χ0) is 20.4. The van der Waals surface area contributed by atoms with Crippen molar-refractivity contribution in [1.29, 1.82) is 0 Å². The Morgan fingerprint density at radius 3 is 2.52 bits per heavy atom. The molecule has 0 atom stereocenters. The molecule has 4 nitrogen and oxygen atoms in total. The molecule has 1 fully saturated rings. The van der Waals surface area contributed by atoms with E-state index in [1.807, 2.05) is 35.2 Å². The maximum atomic E-state index is 12.8. The third-order valence-electron chi connectivity index (χ3n) is 4.87. The summed E-state index contributed by atoms with van der Waals surface area (Å²) in [6, 6.07) is 13.1. The van der Waals surface area contributed by atoms with Gasteiger partial charge in [-0.1, -0.05) is 51.3 Å². The van der Waals surface area contributed by atoms with Crippen molar-refractivity contribution < 1.29 is 4.79 Å².